The summed E-state index contributed by atoms with van der Waals surface area (Å²) in [5.41, 5.74) is 0.343. The van der Waals surface area contributed by atoms with E-state index < -0.39 is 5.54 Å². The smallest absolute Gasteiger partial charge is 0.332 e. The van der Waals surface area contributed by atoms with Gasteiger partial charge in [0.15, 0.2) is 5.54 Å². The maximum Gasteiger partial charge on any atom is 0.332 e. The maximum atomic E-state index is 12.0. The van der Waals surface area contributed by atoms with Crippen molar-refractivity contribution in [1.29, 1.82) is 0 Å². The van der Waals surface area contributed by atoms with E-state index in [9.17, 15) is 4.79 Å². The van der Waals surface area contributed by atoms with E-state index in [1.165, 1.54) is 7.11 Å². The molecule has 17 heavy (non-hydrogen) atoms. The largest absolute Gasteiger partial charge is 0.467 e. The second-order valence-corrected chi connectivity index (χ2v) is 4.41. The number of ether oxygens (including phenoxy) is 1. The Balaban J connectivity index is 3.24. The third-order valence-corrected chi connectivity index (χ3v) is 2.53. The first-order chi connectivity index (χ1) is 7.91. The van der Waals surface area contributed by atoms with Gasteiger partial charge in [-0.2, -0.15) is 0 Å². The monoisotopic (exact) mass is 237 g/mol. The fourth-order valence-corrected chi connectivity index (χ4v) is 1.90. The summed E-state index contributed by atoms with van der Waals surface area (Å²) in [5, 5.41) is 3.19. The molecule has 0 radical (unpaired) electrons. The Labute approximate surface area is 102 Å². The van der Waals surface area contributed by atoms with Crippen LogP contribution in [0.2, 0.25) is 0 Å². The van der Waals surface area contributed by atoms with Gasteiger partial charge in [0.25, 0.3) is 0 Å². The number of carbonyl (C=O) groups is 1. The number of hydrogen-bond donors (Lipinski definition) is 1. The summed E-state index contributed by atoms with van der Waals surface area (Å²) < 4.78 is 4.86. The molecule has 0 aliphatic carbocycles. The molecule has 0 bridgehead atoms. The van der Waals surface area contributed by atoms with Crippen molar-refractivity contribution in [1.82, 2.24) is 15.3 Å². The molecule has 5 nitrogen and oxygen atoms in total. The molecule has 1 N–H and O–H groups in total. The quantitative estimate of drug-likeness (QED) is 0.796. The summed E-state index contributed by atoms with van der Waals surface area (Å²) in [6.45, 7) is 7.52. The lowest BCUT2D eigenvalue weighted by Crippen LogP contribution is -2.51. The zero-order valence-electron chi connectivity index (χ0n) is 10.9. The SMILES string of the molecule is COC(=O)C(C)(NC(C)C)c1nccnc1C. The van der Waals surface area contributed by atoms with E-state index in [0.717, 1.165) is 0 Å². The van der Waals surface area contributed by atoms with Crippen LogP contribution >= 0.6 is 0 Å². The van der Waals surface area contributed by atoms with E-state index in [2.05, 4.69) is 15.3 Å². The van der Waals surface area contributed by atoms with Gasteiger partial charge in [-0.3, -0.25) is 15.3 Å². The highest BCUT2D eigenvalue weighted by atomic mass is 16.5. The molecular formula is C12H19N3O2. The number of hydrogen-bond acceptors (Lipinski definition) is 5. The molecule has 0 fully saturated rings. The van der Waals surface area contributed by atoms with Gasteiger partial charge >= 0.3 is 5.97 Å². The molecule has 1 rings (SSSR count). The van der Waals surface area contributed by atoms with E-state index >= 15 is 0 Å². The number of aryl methyl sites for hydroxylation is 1. The minimum Gasteiger partial charge on any atom is -0.467 e. The topological polar surface area (TPSA) is 64.1 Å². The van der Waals surface area contributed by atoms with Crippen LogP contribution in [0.4, 0.5) is 0 Å². The summed E-state index contributed by atoms with van der Waals surface area (Å²) in [6.07, 6.45) is 3.18. The van der Waals surface area contributed by atoms with Gasteiger partial charge in [0.2, 0.25) is 0 Å². The molecule has 0 aliphatic heterocycles. The van der Waals surface area contributed by atoms with E-state index in [-0.39, 0.29) is 12.0 Å². The minimum absolute atomic E-state index is 0.125. The van der Waals surface area contributed by atoms with Crippen molar-refractivity contribution in [2.45, 2.75) is 39.3 Å². The molecule has 5 heteroatoms. The van der Waals surface area contributed by atoms with E-state index in [4.69, 9.17) is 4.74 Å². The average molecular weight is 237 g/mol. The molecule has 1 aromatic heterocycles. The van der Waals surface area contributed by atoms with Crippen LogP contribution in [0.3, 0.4) is 0 Å². The van der Waals surface area contributed by atoms with Crippen LogP contribution < -0.4 is 5.32 Å². The van der Waals surface area contributed by atoms with Gasteiger partial charge in [-0.25, -0.2) is 4.79 Å². The average Bonchev–Trinajstić information content (AvgIpc) is 2.27. The van der Waals surface area contributed by atoms with Crippen LogP contribution in [-0.4, -0.2) is 29.1 Å². The Kier molecular flexibility index (Phi) is 4.17. The van der Waals surface area contributed by atoms with Crippen LogP contribution in [0.15, 0.2) is 12.4 Å². The number of aromatic nitrogens is 2. The van der Waals surface area contributed by atoms with Gasteiger partial charge in [0.1, 0.15) is 0 Å². The summed E-state index contributed by atoms with van der Waals surface area (Å²) >= 11 is 0. The number of carbonyl (C=O) groups excluding carboxylic acids is 1. The predicted octanol–water partition coefficient (Wildman–Crippen LogP) is 1.17. The van der Waals surface area contributed by atoms with Gasteiger partial charge in [0, 0.05) is 18.4 Å². The Hall–Kier alpha value is -1.49. The van der Waals surface area contributed by atoms with Crippen LogP contribution in [0, 0.1) is 6.92 Å². The second-order valence-electron chi connectivity index (χ2n) is 4.41. The normalized spacial score (nSPS) is 14.5. The summed E-state index contributed by atoms with van der Waals surface area (Å²) in [4.78, 5) is 20.4. The molecule has 0 spiro atoms. The van der Waals surface area contributed by atoms with Crippen LogP contribution in [-0.2, 0) is 15.1 Å². The maximum absolute atomic E-state index is 12.0. The predicted molar refractivity (Wildman–Crippen MR) is 64.4 cm³/mol. The zero-order chi connectivity index (χ0) is 13.1. The fraction of sp³-hybridized carbons (Fsp3) is 0.583. The molecule has 1 aromatic rings. The highest BCUT2D eigenvalue weighted by Gasteiger charge is 2.39. The third kappa shape index (κ3) is 2.79. The Morgan fingerprint density at radius 2 is 2.00 bits per heavy atom. The van der Waals surface area contributed by atoms with Crippen molar-refractivity contribution in [3.63, 3.8) is 0 Å². The Morgan fingerprint density at radius 3 is 2.47 bits per heavy atom. The molecule has 0 aromatic carbocycles. The molecule has 1 atom stereocenters. The first kappa shape index (κ1) is 13.6. The lowest BCUT2D eigenvalue weighted by molar-refractivity contribution is -0.148. The molecule has 1 heterocycles. The number of methoxy groups -OCH3 is 1. The lowest BCUT2D eigenvalue weighted by atomic mass is 9.94. The molecule has 0 aliphatic rings. The van der Waals surface area contributed by atoms with Crippen molar-refractivity contribution in [3.05, 3.63) is 23.8 Å². The third-order valence-electron chi connectivity index (χ3n) is 2.53. The molecule has 0 amide bonds. The van der Waals surface area contributed by atoms with Crippen molar-refractivity contribution in [2.75, 3.05) is 7.11 Å². The van der Waals surface area contributed by atoms with Crippen LogP contribution in [0.25, 0.3) is 0 Å². The first-order valence-corrected chi connectivity index (χ1v) is 5.56. The van der Waals surface area contributed by atoms with Crippen molar-refractivity contribution >= 4 is 5.97 Å². The highest BCUT2D eigenvalue weighted by molar-refractivity contribution is 5.81. The van der Waals surface area contributed by atoms with Gasteiger partial charge in [-0.1, -0.05) is 0 Å². The summed E-state index contributed by atoms with van der Waals surface area (Å²) in [5.74, 6) is -0.366. The van der Waals surface area contributed by atoms with Gasteiger partial charge < -0.3 is 4.74 Å². The van der Waals surface area contributed by atoms with Gasteiger partial charge in [-0.15, -0.1) is 0 Å². The number of esters is 1. The number of rotatable bonds is 4. The molecule has 0 saturated carbocycles. The minimum atomic E-state index is -0.971. The Morgan fingerprint density at radius 1 is 1.41 bits per heavy atom. The van der Waals surface area contributed by atoms with Gasteiger partial charge in [0.05, 0.1) is 18.5 Å². The van der Waals surface area contributed by atoms with E-state index in [1.54, 1.807) is 19.3 Å². The zero-order valence-corrected chi connectivity index (χ0v) is 10.9. The van der Waals surface area contributed by atoms with Crippen LogP contribution in [0.1, 0.15) is 32.2 Å². The molecule has 0 saturated heterocycles. The van der Waals surface area contributed by atoms with E-state index in [1.807, 2.05) is 20.8 Å². The molecule has 1 unspecified atom stereocenters. The highest BCUT2D eigenvalue weighted by Crippen LogP contribution is 2.23. The second kappa shape index (κ2) is 5.23. The lowest BCUT2D eigenvalue weighted by Gasteiger charge is -2.30. The standard InChI is InChI=1S/C12H19N3O2/c1-8(2)15-12(4,11(16)17-5)10-9(3)13-6-7-14-10/h6-8,15H,1-5H3. The van der Waals surface area contributed by atoms with Crippen molar-refractivity contribution in [2.24, 2.45) is 0 Å². The number of nitrogens with zero attached hydrogens (tertiary/aromatic N) is 2. The fourth-order valence-electron chi connectivity index (χ4n) is 1.90. The molecule has 94 valence electrons. The Bertz CT molecular complexity index is 406. The van der Waals surface area contributed by atoms with Crippen molar-refractivity contribution < 1.29 is 9.53 Å². The van der Waals surface area contributed by atoms with Crippen LogP contribution in [0.5, 0.6) is 0 Å². The summed E-state index contributed by atoms with van der Waals surface area (Å²) in [7, 11) is 1.37. The first-order valence-electron chi connectivity index (χ1n) is 5.56. The van der Waals surface area contributed by atoms with Gasteiger partial charge in [-0.05, 0) is 27.7 Å². The number of nitrogens with one attached hydrogen (secondary N) is 1. The summed E-state index contributed by atoms with van der Waals surface area (Å²) in [6, 6.07) is 0.125. The van der Waals surface area contributed by atoms with Crippen molar-refractivity contribution in [3.8, 4) is 0 Å². The van der Waals surface area contributed by atoms with E-state index in [0.29, 0.717) is 11.4 Å². The molecular weight excluding hydrogens is 218 g/mol.